The molecule has 0 radical (unpaired) electrons. The van der Waals surface area contributed by atoms with Crippen molar-refractivity contribution in [3.05, 3.63) is 120 Å². The summed E-state index contributed by atoms with van der Waals surface area (Å²) < 4.78 is 29.2. The number of rotatable bonds is 12. The van der Waals surface area contributed by atoms with E-state index < -0.39 is 37.1 Å². The highest BCUT2D eigenvalue weighted by molar-refractivity contribution is 6.72. The molecule has 4 aliphatic heterocycles. The van der Waals surface area contributed by atoms with E-state index in [4.69, 9.17) is 9.47 Å². The molecule has 2 N–H and O–H groups in total. The summed E-state index contributed by atoms with van der Waals surface area (Å²) in [6, 6.07) is 32.9. The van der Waals surface area contributed by atoms with Gasteiger partial charge in [0.15, 0.2) is 5.60 Å². The number of aliphatic hydroxyl groups is 1. The highest BCUT2D eigenvalue weighted by atomic mass is 28.4. The lowest BCUT2D eigenvalue weighted by Crippen LogP contribution is -2.55. The van der Waals surface area contributed by atoms with Gasteiger partial charge in [-0.15, -0.1) is 0 Å². The lowest BCUT2D eigenvalue weighted by molar-refractivity contribution is -0.150. The van der Waals surface area contributed by atoms with Crippen LogP contribution in [0.4, 0.5) is 21.2 Å². The number of hydrogen-bond donors (Lipinski definition) is 2. The fourth-order valence-corrected chi connectivity index (χ4v) is 12.7. The fraction of sp³-hybridized carbons (Fsp3) is 0.413. The Bertz CT molecular complexity index is 2170. The Hall–Kier alpha value is -5.08. The van der Waals surface area contributed by atoms with Crippen LogP contribution in [0.1, 0.15) is 42.9 Å². The molecule has 4 aromatic rings. The normalized spacial score (nSPS) is 23.7. The Morgan fingerprint density at radius 1 is 0.932 bits per heavy atom. The van der Waals surface area contributed by atoms with Crippen LogP contribution in [0.15, 0.2) is 103 Å². The Labute approximate surface area is 346 Å². The molecule has 4 heterocycles. The fourth-order valence-electron chi connectivity index (χ4n) is 10.2. The van der Waals surface area contributed by atoms with Gasteiger partial charge in [-0.1, -0.05) is 67.6 Å². The third-order valence-electron chi connectivity index (χ3n) is 13.0. The topological polar surface area (TPSA) is 115 Å². The number of carbonyl (C=O) groups excluding carboxylic acids is 3. The zero-order chi connectivity index (χ0) is 41.5. The highest BCUT2D eigenvalue weighted by Gasteiger charge is 2.67. The van der Waals surface area contributed by atoms with Crippen molar-refractivity contribution in [2.45, 2.75) is 75.2 Å². The van der Waals surface area contributed by atoms with Gasteiger partial charge in [-0.3, -0.25) is 19.3 Å². The van der Waals surface area contributed by atoms with E-state index in [1.165, 1.54) is 0 Å². The number of halogens is 1. The molecule has 0 unspecified atom stereocenters. The second-order valence-corrected chi connectivity index (χ2v) is 20.7. The Kier molecular flexibility index (Phi) is 11.2. The van der Waals surface area contributed by atoms with Crippen LogP contribution in [0.2, 0.25) is 18.6 Å². The SMILES string of the molecule is COc1ccc2c(c1)[C@@]1(O[C@H](CC(=O)N(CCO)Cc3ccccc3)[C@@H]([Si](C)(C)F)[C@@H]1C)C(=O)N2Cc1ccc(N2CN(c3ccccc3)C3(CCNCC3)C2=O)cc1. The predicted molar refractivity (Wildman–Crippen MR) is 228 cm³/mol. The van der Waals surface area contributed by atoms with E-state index in [-0.39, 0.29) is 50.4 Å². The van der Waals surface area contributed by atoms with Gasteiger partial charge in [0.05, 0.1) is 45.1 Å². The van der Waals surface area contributed by atoms with Crippen LogP contribution in [0.25, 0.3) is 0 Å². The van der Waals surface area contributed by atoms with Gasteiger partial charge < -0.3 is 38.7 Å². The van der Waals surface area contributed by atoms with Gasteiger partial charge in [0.25, 0.3) is 11.8 Å². The molecule has 4 atom stereocenters. The number of amides is 3. The summed E-state index contributed by atoms with van der Waals surface area (Å²) in [5.41, 5.74) is 1.93. The van der Waals surface area contributed by atoms with Crippen LogP contribution in [-0.4, -0.2) is 87.8 Å². The molecule has 0 aromatic heterocycles. The molecule has 0 bridgehead atoms. The van der Waals surface area contributed by atoms with Gasteiger partial charge in [0.1, 0.15) is 11.3 Å². The van der Waals surface area contributed by atoms with Crippen molar-refractivity contribution in [3.8, 4) is 5.75 Å². The van der Waals surface area contributed by atoms with Crippen molar-refractivity contribution in [2.24, 2.45) is 5.92 Å². The quantitative estimate of drug-likeness (QED) is 0.126. The van der Waals surface area contributed by atoms with E-state index in [0.29, 0.717) is 36.5 Å². The Morgan fingerprint density at radius 3 is 2.25 bits per heavy atom. The zero-order valence-corrected chi connectivity index (χ0v) is 35.3. The number of nitrogens with one attached hydrogen (secondary N) is 1. The number of aliphatic hydroxyl groups excluding tert-OH is 1. The maximum absolute atomic E-state index is 16.6. The summed E-state index contributed by atoms with van der Waals surface area (Å²) >= 11 is 0. The molecule has 3 saturated heterocycles. The molecular weight excluding hydrogens is 766 g/mol. The molecule has 59 heavy (non-hydrogen) atoms. The van der Waals surface area contributed by atoms with Crippen molar-refractivity contribution in [3.63, 3.8) is 0 Å². The minimum atomic E-state index is -3.56. The largest absolute Gasteiger partial charge is 0.497 e. The van der Waals surface area contributed by atoms with Crippen molar-refractivity contribution in [1.82, 2.24) is 10.2 Å². The van der Waals surface area contributed by atoms with Crippen LogP contribution >= 0.6 is 0 Å². The number of para-hydroxylation sites is 1. The molecule has 11 nitrogen and oxygen atoms in total. The summed E-state index contributed by atoms with van der Waals surface area (Å²) in [7, 11) is -2.00. The number of fused-ring (bicyclic) bond motifs is 2. The van der Waals surface area contributed by atoms with E-state index in [2.05, 4.69) is 22.3 Å². The van der Waals surface area contributed by atoms with Gasteiger partial charge in [-0.25, -0.2) is 0 Å². The number of nitrogens with zero attached hydrogens (tertiary/aromatic N) is 4. The number of piperidine rings is 1. The van der Waals surface area contributed by atoms with Crippen molar-refractivity contribution in [2.75, 3.05) is 54.7 Å². The van der Waals surface area contributed by atoms with Gasteiger partial charge in [0, 0.05) is 41.5 Å². The maximum Gasteiger partial charge on any atom is 0.264 e. The Morgan fingerprint density at radius 2 is 1.61 bits per heavy atom. The molecule has 3 amide bonds. The molecule has 13 heteroatoms. The van der Waals surface area contributed by atoms with E-state index in [1.807, 2.05) is 96.8 Å². The minimum absolute atomic E-state index is 0.0870. The smallest absolute Gasteiger partial charge is 0.264 e. The molecular formula is C46H54FN5O6Si. The second kappa shape index (κ2) is 16.2. The van der Waals surface area contributed by atoms with Crippen LogP contribution in [-0.2, 0) is 37.8 Å². The first-order valence-electron chi connectivity index (χ1n) is 20.7. The van der Waals surface area contributed by atoms with E-state index in [9.17, 15) is 14.7 Å². The third-order valence-corrected chi connectivity index (χ3v) is 15.5. The van der Waals surface area contributed by atoms with Crippen molar-refractivity contribution < 1.29 is 33.1 Å². The zero-order valence-electron chi connectivity index (χ0n) is 34.3. The number of ether oxygens (including phenoxy) is 2. The lowest BCUT2D eigenvalue weighted by Gasteiger charge is -2.39. The first-order valence-corrected chi connectivity index (χ1v) is 23.6. The first kappa shape index (κ1) is 40.7. The first-order chi connectivity index (χ1) is 28.4. The minimum Gasteiger partial charge on any atom is -0.497 e. The van der Waals surface area contributed by atoms with Gasteiger partial charge in [0.2, 0.25) is 14.3 Å². The van der Waals surface area contributed by atoms with Gasteiger partial charge in [-0.2, -0.15) is 0 Å². The number of benzene rings is 4. The standard InChI is InChI=1S/C46H54FN5O6Si/c1-32-42(59(3,4)47)40(28-41(54)49(25-26-53)29-33-11-7-5-8-12-33)58-46(32)38-27-37(57-2)19-20-39(38)50(44(46)56)30-34-15-17-35(18-16-34)51-31-52(36-13-9-6-10-14-36)45(43(51)55)21-23-48-24-22-45/h5-20,27,32,40,42,48,53H,21-26,28-31H2,1-4H3/t32-,40+,42-,46+/m0/s1. The lowest BCUT2D eigenvalue weighted by atomic mass is 9.82. The molecule has 8 rings (SSSR count). The average molecular weight is 820 g/mol. The molecule has 310 valence electrons. The summed E-state index contributed by atoms with van der Waals surface area (Å²) in [5.74, 6) is -0.566. The number of anilines is 3. The molecule has 4 aromatic carbocycles. The van der Waals surface area contributed by atoms with E-state index >= 15 is 8.90 Å². The number of methoxy groups -OCH3 is 1. The van der Waals surface area contributed by atoms with Crippen molar-refractivity contribution in [1.29, 1.82) is 0 Å². The van der Waals surface area contributed by atoms with Crippen LogP contribution < -0.4 is 24.8 Å². The Balaban J connectivity index is 1.07. The molecule has 2 spiro atoms. The van der Waals surface area contributed by atoms with Crippen LogP contribution in [0, 0.1) is 5.92 Å². The monoisotopic (exact) mass is 819 g/mol. The molecule has 0 saturated carbocycles. The van der Waals surface area contributed by atoms with Gasteiger partial charge >= 0.3 is 0 Å². The molecule has 3 fully saturated rings. The van der Waals surface area contributed by atoms with E-state index in [1.54, 1.807) is 36.1 Å². The molecule has 0 aliphatic carbocycles. The average Bonchev–Trinajstić information content (AvgIpc) is 3.78. The van der Waals surface area contributed by atoms with Gasteiger partial charge in [-0.05, 0) is 92.6 Å². The highest BCUT2D eigenvalue weighted by Crippen LogP contribution is 2.61. The van der Waals surface area contributed by atoms with E-state index in [0.717, 1.165) is 35.6 Å². The van der Waals surface area contributed by atoms with Crippen LogP contribution in [0.3, 0.4) is 0 Å². The second-order valence-electron chi connectivity index (χ2n) is 16.9. The summed E-state index contributed by atoms with van der Waals surface area (Å²) in [4.78, 5) is 50.8. The number of carbonyl (C=O) groups is 3. The third kappa shape index (κ3) is 7.21. The molecule has 4 aliphatic rings. The summed E-state index contributed by atoms with van der Waals surface area (Å²) in [5, 5.41) is 13.3. The van der Waals surface area contributed by atoms with Crippen molar-refractivity contribution >= 4 is 43.2 Å². The maximum atomic E-state index is 16.6. The predicted octanol–water partition coefficient (Wildman–Crippen LogP) is 6.36. The number of hydrogen-bond acceptors (Lipinski definition) is 8. The summed E-state index contributed by atoms with van der Waals surface area (Å²) in [6.45, 7) is 7.46. The summed E-state index contributed by atoms with van der Waals surface area (Å²) in [6.07, 6.45) is 0.420. The van der Waals surface area contributed by atoms with Crippen LogP contribution in [0.5, 0.6) is 5.75 Å².